The van der Waals surface area contributed by atoms with E-state index in [1.54, 1.807) is 0 Å². The van der Waals surface area contributed by atoms with Crippen LogP contribution in [0.3, 0.4) is 0 Å². The van der Waals surface area contributed by atoms with Crippen LogP contribution in [-0.4, -0.2) is 49.3 Å². The van der Waals surface area contributed by atoms with Crippen LogP contribution < -0.4 is 5.32 Å². The van der Waals surface area contributed by atoms with Crippen LogP contribution in [0.4, 0.5) is 0 Å². The summed E-state index contributed by atoms with van der Waals surface area (Å²) < 4.78 is 7.53. The van der Waals surface area contributed by atoms with Crippen LogP contribution >= 0.6 is 0 Å². The number of guanidine groups is 1. The zero-order valence-electron chi connectivity index (χ0n) is 12.8. The molecule has 20 heavy (non-hydrogen) atoms. The number of hydrogen-bond acceptors (Lipinski definition) is 2. The Morgan fingerprint density at radius 1 is 1.50 bits per heavy atom. The fraction of sp³-hybridized carbons (Fsp3) is 0.667. The van der Waals surface area contributed by atoms with Gasteiger partial charge in [-0.2, -0.15) is 0 Å². The SMILES string of the molecule is CN=C(NCC1CCOCC1)N(C)Cc1cccn1C. The zero-order valence-corrected chi connectivity index (χ0v) is 12.8. The van der Waals surface area contributed by atoms with E-state index in [9.17, 15) is 0 Å². The van der Waals surface area contributed by atoms with Gasteiger partial charge in [0.1, 0.15) is 0 Å². The Bertz CT molecular complexity index is 435. The summed E-state index contributed by atoms with van der Waals surface area (Å²) in [6.45, 7) is 3.62. The predicted octanol–water partition coefficient (Wildman–Crippen LogP) is 1.46. The summed E-state index contributed by atoms with van der Waals surface area (Å²) in [6.07, 6.45) is 4.36. The van der Waals surface area contributed by atoms with Crippen molar-refractivity contribution >= 4 is 5.96 Å². The second-order valence-electron chi connectivity index (χ2n) is 5.45. The lowest BCUT2D eigenvalue weighted by molar-refractivity contribution is 0.0674. The van der Waals surface area contributed by atoms with Crippen LogP contribution in [0.1, 0.15) is 18.5 Å². The average Bonchev–Trinajstić information content (AvgIpc) is 2.86. The Morgan fingerprint density at radius 2 is 2.25 bits per heavy atom. The molecule has 1 N–H and O–H groups in total. The maximum Gasteiger partial charge on any atom is 0.193 e. The van der Waals surface area contributed by atoms with Crippen molar-refractivity contribution in [1.82, 2.24) is 14.8 Å². The summed E-state index contributed by atoms with van der Waals surface area (Å²) in [5.74, 6) is 1.65. The van der Waals surface area contributed by atoms with Gasteiger partial charge in [-0.3, -0.25) is 4.99 Å². The summed E-state index contributed by atoms with van der Waals surface area (Å²) in [4.78, 5) is 6.53. The molecule has 0 spiro atoms. The number of nitrogens with zero attached hydrogens (tertiary/aromatic N) is 3. The van der Waals surface area contributed by atoms with Crippen molar-refractivity contribution in [2.45, 2.75) is 19.4 Å². The number of aryl methyl sites for hydroxylation is 1. The Morgan fingerprint density at radius 3 is 2.85 bits per heavy atom. The van der Waals surface area contributed by atoms with Gasteiger partial charge in [-0.1, -0.05) is 0 Å². The van der Waals surface area contributed by atoms with Crippen molar-refractivity contribution in [2.24, 2.45) is 18.0 Å². The monoisotopic (exact) mass is 278 g/mol. The molecule has 112 valence electrons. The highest BCUT2D eigenvalue weighted by Gasteiger charge is 2.15. The lowest BCUT2D eigenvalue weighted by Gasteiger charge is -2.26. The molecule has 1 aromatic heterocycles. The first-order valence-corrected chi connectivity index (χ1v) is 7.30. The van der Waals surface area contributed by atoms with E-state index in [-0.39, 0.29) is 0 Å². The van der Waals surface area contributed by atoms with E-state index in [1.807, 2.05) is 7.05 Å². The second kappa shape index (κ2) is 7.33. The van der Waals surface area contributed by atoms with Crippen LogP contribution in [0.2, 0.25) is 0 Å². The van der Waals surface area contributed by atoms with E-state index in [0.29, 0.717) is 5.92 Å². The third-order valence-corrected chi connectivity index (χ3v) is 3.91. The quantitative estimate of drug-likeness (QED) is 0.670. The van der Waals surface area contributed by atoms with Crippen molar-refractivity contribution < 1.29 is 4.74 Å². The molecule has 1 aliphatic heterocycles. The van der Waals surface area contributed by atoms with E-state index in [1.165, 1.54) is 5.69 Å². The molecule has 0 aromatic carbocycles. The number of aromatic nitrogens is 1. The molecule has 0 saturated carbocycles. The Labute approximate surface area is 121 Å². The molecular formula is C15H26N4O. The Hall–Kier alpha value is -1.49. The van der Waals surface area contributed by atoms with E-state index in [0.717, 1.165) is 45.1 Å². The second-order valence-corrected chi connectivity index (χ2v) is 5.45. The van der Waals surface area contributed by atoms with Crippen LogP contribution in [0, 0.1) is 5.92 Å². The van der Waals surface area contributed by atoms with Gasteiger partial charge in [-0.05, 0) is 30.9 Å². The number of nitrogens with one attached hydrogen (secondary N) is 1. The van der Waals surface area contributed by atoms with Gasteiger partial charge in [0.2, 0.25) is 0 Å². The largest absolute Gasteiger partial charge is 0.381 e. The highest BCUT2D eigenvalue weighted by atomic mass is 16.5. The first kappa shape index (κ1) is 14.9. The molecule has 1 aliphatic rings. The first-order valence-electron chi connectivity index (χ1n) is 7.30. The molecule has 1 aromatic rings. The van der Waals surface area contributed by atoms with E-state index >= 15 is 0 Å². The number of rotatable bonds is 4. The van der Waals surface area contributed by atoms with Crippen molar-refractivity contribution in [2.75, 3.05) is 33.9 Å². The molecule has 0 atom stereocenters. The smallest absolute Gasteiger partial charge is 0.193 e. The zero-order chi connectivity index (χ0) is 14.4. The van der Waals surface area contributed by atoms with Gasteiger partial charge in [-0.15, -0.1) is 0 Å². The maximum atomic E-state index is 5.39. The van der Waals surface area contributed by atoms with Crippen molar-refractivity contribution in [3.05, 3.63) is 24.0 Å². The van der Waals surface area contributed by atoms with Gasteiger partial charge in [-0.25, -0.2) is 0 Å². The van der Waals surface area contributed by atoms with Gasteiger partial charge in [0.25, 0.3) is 0 Å². The Kier molecular flexibility index (Phi) is 5.47. The van der Waals surface area contributed by atoms with Gasteiger partial charge >= 0.3 is 0 Å². The highest BCUT2D eigenvalue weighted by molar-refractivity contribution is 5.79. The highest BCUT2D eigenvalue weighted by Crippen LogP contribution is 2.13. The van der Waals surface area contributed by atoms with Gasteiger partial charge < -0.3 is 19.5 Å². The summed E-state index contributed by atoms with van der Waals surface area (Å²) >= 11 is 0. The fourth-order valence-corrected chi connectivity index (χ4v) is 2.55. The fourth-order valence-electron chi connectivity index (χ4n) is 2.55. The van der Waals surface area contributed by atoms with Gasteiger partial charge in [0.15, 0.2) is 5.96 Å². The van der Waals surface area contributed by atoms with Crippen molar-refractivity contribution in [3.8, 4) is 0 Å². The van der Waals surface area contributed by atoms with Crippen LogP contribution in [0.25, 0.3) is 0 Å². The average molecular weight is 278 g/mol. The molecule has 5 nitrogen and oxygen atoms in total. The molecule has 2 rings (SSSR count). The predicted molar refractivity (Wildman–Crippen MR) is 81.8 cm³/mol. The molecule has 0 amide bonds. The molecule has 0 aliphatic carbocycles. The van der Waals surface area contributed by atoms with Crippen molar-refractivity contribution in [1.29, 1.82) is 0 Å². The van der Waals surface area contributed by atoms with Crippen LogP contribution in [0.5, 0.6) is 0 Å². The van der Waals surface area contributed by atoms with E-state index < -0.39 is 0 Å². The molecule has 0 bridgehead atoms. The summed E-state index contributed by atoms with van der Waals surface area (Å²) in [7, 11) is 5.99. The van der Waals surface area contributed by atoms with Crippen LogP contribution in [-0.2, 0) is 18.3 Å². The molecular weight excluding hydrogens is 252 g/mol. The van der Waals surface area contributed by atoms with Crippen molar-refractivity contribution in [3.63, 3.8) is 0 Å². The minimum atomic E-state index is 0.698. The molecule has 5 heteroatoms. The molecule has 1 fully saturated rings. The third-order valence-electron chi connectivity index (χ3n) is 3.91. The van der Waals surface area contributed by atoms with Crippen LogP contribution in [0.15, 0.2) is 23.3 Å². The standard InChI is InChI=1S/C15H26N4O/c1-16-15(17-11-13-6-9-20-10-7-13)19(3)12-14-5-4-8-18(14)2/h4-5,8,13H,6-7,9-12H2,1-3H3,(H,16,17). The minimum absolute atomic E-state index is 0.698. The topological polar surface area (TPSA) is 41.8 Å². The Balaban J connectivity index is 1.83. The molecule has 0 unspecified atom stereocenters. The summed E-state index contributed by atoms with van der Waals surface area (Å²) in [5.41, 5.74) is 1.28. The lowest BCUT2D eigenvalue weighted by atomic mass is 10.0. The van der Waals surface area contributed by atoms with E-state index in [4.69, 9.17) is 4.74 Å². The summed E-state index contributed by atoms with van der Waals surface area (Å²) in [5, 5.41) is 3.48. The maximum absolute atomic E-state index is 5.39. The number of ether oxygens (including phenoxy) is 1. The summed E-state index contributed by atoms with van der Waals surface area (Å²) in [6, 6.07) is 4.21. The number of aliphatic imine (C=N–C) groups is 1. The minimum Gasteiger partial charge on any atom is -0.381 e. The number of hydrogen-bond donors (Lipinski definition) is 1. The lowest BCUT2D eigenvalue weighted by Crippen LogP contribution is -2.41. The van der Waals surface area contributed by atoms with Gasteiger partial charge in [0.05, 0.1) is 6.54 Å². The first-order chi connectivity index (χ1) is 9.70. The molecule has 1 saturated heterocycles. The third kappa shape index (κ3) is 4.00. The van der Waals surface area contributed by atoms with Gasteiger partial charge in [0, 0.05) is 52.8 Å². The molecule has 0 radical (unpaired) electrons. The van der Waals surface area contributed by atoms with E-state index in [2.05, 4.69) is 52.2 Å². The normalized spacial score (nSPS) is 17.2. The molecule has 2 heterocycles.